The second kappa shape index (κ2) is 6.43. The predicted molar refractivity (Wildman–Crippen MR) is 88.3 cm³/mol. The molecule has 2 aliphatic rings. The molecular formula is C17H26N4O2. The van der Waals surface area contributed by atoms with Crippen LogP contribution in [0.2, 0.25) is 0 Å². The van der Waals surface area contributed by atoms with Gasteiger partial charge in [0, 0.05) is 32.0 Å². The van der Waals surface area contributed by atoms with Gasteiger partial charge in [0.2, 0.25) is 11.9 Å². The van der Waals surface area contributed by atoms with Gasteiger partial charge in [0.1, 0.15) is 6.61 Å². The lowest BCUT2D eigenvalue weighted by molar-refractivity contribution is -0.125. The fraction of sp³-hybridized carbons (Fsp3) is 0.706. The van der Waals surface area contributed by atoms with E-state index in [1.807, 2.05) is 6.20 Å². The van der Waals surface area contributed by atoms with Crippen molar-refractivity contribution in [1.82, 2.24) is 15.3 Å². The summed E-state index contributed by atoms with van der Waals surface area (Å²) in [4.78, 5) is 23.6. The predicted octanol–water partition coefficient (Wildman–Crippen LogP) is 1.85. The van der Waals surface area contributed by atoms with Crippen LogP contribution in [-0.2, 0) is 16.0 Å². The lowest BCUT2D eigenvalue weighted by Gasteiger charge is -2.36. The third kappa shape index (κ3) is 3.63. The van der Waals surface area contributed by atoms with Crippen LogP contribution in [0.5, 0.6) is 0 Å². The summed E-state index contributed by atoms with van der Waals surface area (Å²) >= 11 is 0. The molecule has 1 aliphatic carbocycles. The molecule has 1 atom stereocenters. The van der Waals surface area contributed by atoms with Gasteiger partial charge in [0.05, 0.1) is 11.7 Å². The molecule has 6 heteroatoms. The highest BCUT2D eigenvalue weighted by Crippen LogP contribution is 2.40. The highest BCUT2D eigenvalue weighted by atomic mass is 16.5. The van der Waals surface area contributed by atoms with Crippen molar-refractivity contribution in [2.45, 2.75) is 45.6 Å². The van der Waals surface area contributed by atoms with E-state index in [1.165, 1.54) is 20.0 Å². The average Bonchev–Trinajstić information content (AvgIpc) is 2.99. The number of fused-ring (bicyclic) bond motifs is 1. The maximum Gasteiger partial charge on any atom is 0.246 e. The van der Waals surface area contributed by atoms with Crippen LogP contribution in [0.4, 0.5) is 5.95 Å². The van der Waals surface area contributed by atoms with Crippen LogP contribution in [0.25, 0.3) is 0 Å². The fourth-order valence-electron chi connectivity index (χ4n) is 3.60. The second-order valence-electron chi connectivity index (χ2n) is 7.36. The number of rotatable bonds is 4. The molecule has 1 aromatic rings. The number of nitrogens with one attached hydrogen (secondary N) is 1. The normalized spacial score (nSPS) is 22.7. The molecule has 0 aromatic carbocycles. The summed E-state index contributed by atoms with van der Waals surface area (Å²) in [5.74, 6) is 0.741. The molecule has 1 aromatic heterocycles. The Morgan fingerprint density at radius 3 is 2.87 bits per heavy atom. The molecule has 1 fully saturated rings. The van der Waals surface area contributed by atoms with Crippen LogP contribution in [0.3, 0.4) is 0 Å². The first-order valence-electron chi connectivity index (χ1n) is 8.37. The topological polar surface area (TPSA) is 67.3 Å². The molecule has 23 heavy (non-hydrogen) atoms. The molecular weight excluding hydrogens is 292 g/mol. The van der Waals surface area contributed by atoms with E-state index < -0.39 is 0 Å². The summed E-state index contributed by atoms with van der Waals surface area (Å²) in [5, 5.41) is 3.06. The molecule has 0 unspecified atom stereocenters. The molecule has 1 aliphatic heterocycles. The van der Waals surface area contributed by atoms with Gasteiger partial charge in [-0.15, -0.1) is 0 Å². The number of nitrogens with zero attached hydrogens (tertiary/aromatic N) is 3. The SMILES string of the molecule is COCC(=O)N[C@@H]1CC(C)(C)Cc2nc(N3CCCC3)ncc21. The zero-order valence-corrected chi connectivity index (χ0v) is 14.3. The largest absolute Gasteiger partial charge is 0.375 e. The fourth-order valence-corrected chi connectivity index (χ4v) is 3.60. The minimum Gasteiger partial charge on any atom is -0.375 e. The minimum atomic E-state index is -0.0928. The Balaban J connectivity index is 1.86. The van der Waals surface area contributed by atoms with E-state index in [1.54, 1.807) is 0 Å². The average molecular weight is 318 g/mol. The van der Waals surface area contributed by atoms with Gasteiger partial charge in [-0.3, -0.25) is 4.79 Å². The Labute approximate surface area is 137 Å². The summed E-state index contributed by atoms with van der Waals surface area (Å²) in [5.41, 5.74) is 2.23. The van der Waals surface area contributed by atoms with Gasteiger partial charge in [-0.25, -0.2) is 9.97 Å². The van der Waals surface area contributed by atoms with Gasteiger partial charge in [-0.05, 0) is 31.1 Å². The zero-order valence-electron chi connectivity index (χ0n) is 14.3. The summed E-state index contributed by atoms with van der Waals surface area (Å²) < 4.78 is 4.92. The van der Waals surface area contributed by atoms with E-state index in [2.05, 4.69) is 29.0 Å². The molecule has 1 amide bonds. The minimum absolute atomic E-state index is 0.0379. The standard InChI is InChI=1S/C17H26N4O2/c1-17(2)8-13(19-15(22)11-23-3)12-10-18-16(20-14(12)9-17)21-6-4-5-7-21/h10,13H,4-9,11H2,1-3H3,(H,19,22)/t13-/m1/s1. The highest BCUT2D eigenvalue weighted by molar-refractivity contribution is 5.77. The molecule has 0 bridgehead atoms. The summed E-state index contributed by atoms with van der Waals surface area (Å²) in [7, 11) is 1.53. The van der Waals surface area contributed by atoms with Gasteiger partial charge >= 0.3 is 0 Å². The van der Waals surface area contributed by atoms with Crippen LogP contribution in [0.15, 0.2) is 6.20 Å². The zero-order chi connectivity index (χ0) is 16.4. The van der Waals surface area contributed by atoms with E-state index >= 15 is 0 Å². The Hall–Kier alpha value is -1.69. The monoisotopic (exact) mass is 318 g/mol. The molecule has 1 N–H and O–H groups in total. The van der Waals surface area contributed by atoms with E-state index in [-0.39, 0.29) is 24.0 Å². The lowest BCUT2D eigenvalue weighted by Crippen LogP contribution is -2.38. The van der Waals surface area contributed by atoms with Crippen molar-refractivity contribution in [3.8, 4) is 0 Å². The number of carbonyl (C=O) groups is 1. The van der Waals surface area contributed by atoms with Crippen molar-refractivity contribution in [2.24, 2.45) is 5.41 Å². The quantitative estimate of drug-likeness (QED) is 0.918. The van der Waals surface area contributed by atoms with Gasteiger partial charge in [0.15, 0.2) is 0 Å². The molecule has 0 spiro atoms. The molecule has 126 valence electrons. The van der Waals surface area contributed by atoms with Crippen molar-refractivity contribution in [3.05, 3.63) is 17.5 Å². The van der Waals surface area contributed by atoms with Gasteiger partial charge in [-0.1, -0.05) is 13.8 Å². The number of anilines is 1. The Morgan fingerprint density at radius 2 is 2.17 bits per heavy atom. The summed E-state index contributed by atoms with van der Waals surface area (Å²) in [6.45, 7) is 6.61. The van der Waals surface area contributed by atoms with Crippen molar-refractivity contribution < 1.29 is 9.53 Å². The lowest BCUT2D eigenvalue weighted by atomic mass is 9.74. The Morgan fingerprint density at radius 1 is 1.43 bits per heavy atom. The number of hydrogen-bond donors (Lipinski definition) is 1. The maximum atomic E-state index is 11.9. The number of methoxy groups -OCH3 is 1. The van der Waals surface area contributed by atoms with Crippen molar-refractivity contribution in [3.63, 3.8) is 0 Å². The third-order valence-corrected chi connectivity index (χ3v) is 4.66. The van der Waals surface area contributed by atoms with Crippen molar-refractivity contribution >= 4 is 11.9 Å². The number of amides is 1. The van der Waals surface area contributed by atoms with Crippen LogP contribution < -0.4 is 10.2 Å². The van der Waals surface area contributed by atoms with Crippen LogP contribution in [-0.4, -0.2) is 42.7 Å². The van der Waals surface area contributed by atoms with E-state index in [9.17, 15) is 4.79 Å². The summed E-state index contributed by atoms with van der Waals surface area (Å²) in [6, 6.07) is -0.0379. The maximum absolute atomic E-state index is 11.9. The van der Waals surface area contributed by atoms with Gasteiger partial charge in [0.25, 0.3) is 0 Å². The van der Waals surface area contributed by atoms with Crippen molar-refractivity contribution in [1.29, 1.82) is 0 Å². The summed E-state index contributed by atoms with van der Waals surface area (Å²) in [6.07, 6.45) is 6.14. The first-order valence-corrected chi connectivity index (χ1v) is 8.37. The van der Waals surface area contributed by atoms with Crippen molar-refractivity contribution in [2.75, 3.05) is 31.7 Å². The van der Waals surface area contributed by atoms with E-state index in [0.29, 0.717) is 0 Å². The number of hydrogen-bond acceptors (Lipinski definition) is 5. The smallest absolute Gasteiger partial charge is 0.246 e. The Bertz CT molecular complexity index is 582. The second-order valence-corrected chi connectivity index (χ2v) is 7.36. The van der Waals surface area contributed by atoms with Crippen LogP contribution >= 0.6 is 0 Å². The van der Waals surface area contributed by atoms with Gasteiger partial charge in [-0.2, -0.15) is 0 Å². The number of ether oxygens (including phenoxy) is 1. The molecule has 3 rings (SSSR count). The molecule has 0 saturated carbocycles. The molecule has 1 saturated heterocycles. The van der Waals surface area contributed by atoms with E-state index in [0.717, 1.165) is 43.1 Å². The first kappa shape index (κ1) is 16.2. The van der Waals surface area contributed by atoms with Crippen LogP contribution in [0, 0.1) is 5.41 Å². The number of carbonyl (C=O) groups excluding carboxylic acids is 1. The number of aromatic nitrogens is 2. The van der Waals surface area contributed by atoms with Crippen LogP contribution in [0.1, 0.15) is 50.4 Å². The Kier molecular flexibility index (Phi) is 4.53. The first-order chi connectivity index (χ1) is 11.0. The molecule has 2 heterocycles. The van der Waals surface area contributed by atoms with E-state index in [4.69, 9.17) is 9.72 Å². The van der Waals surface area contributed by atoms with Gasteiger partial charge < -0.3 is 15.0 Å². The third-order valence-electron chi connectivity index (χ3n) is 4.66. The highest BCUT2D eigenvalue weighted by Gasteiger charge is 2.34. The molecule has 6 nitrogen and oxygen atoms in total. The molecule has 0 radical (unpaired) electrons.